The Hall–Kier alpha value is -1.85. The molecule has 134 valence electrons. The van der Waals surface area contributed by atoms with Gasteiger partial charge in [-0.25, -0.2) is 0 Å². The van der Waals surface area contributed by atoms with Crippen LogP contribution in [0.3, 0.4) is 0 Å². The summed E-state index contributed by atoms with van der Waals surface area (Å²) < 4.78 is 11.2. The van der Waals surface area contributed by atoms with Crippen molar-refractivity contribution in [3.8, 4) is 5.75 Å². The molecule has 2 saturated heterocycles. The first-order chi connectivity index (χ1) is 12.1. The molecule has 2 aliphatic rings. The number of nitrogens with zero attached hydrogens (tertiary/aromatic N) is 2. The summed E-state index contributed by atoms with van der Waals surface area (Å²) in [4.78, 5) is 6.97. The Morgan fingerprint density at radius 2 is 2.24 bits per heavy atom. The van der Waals surface area contributed by atoms with Crippen molar-refractivity contribution in [3.05, 3.63) is 30.5 Å². The van der Waals surface area contributed by atoms with Crippen LogP contribution in [0.5, 0.6) is 5.75 Å². The molecule has 5 heteroatoms. The molecule has 1 aromatic carbocycles. The Kier molecular flexibility index (Phi) is 4.29. The van der Waals surface area contributed by atoms with Gasteiger partial charge in [0.25, 0.3) is 0 Å². The van der Waals surface area contributed by atoms with Gasteiger partial charge in [0.2, 0.25) is 0 Å². The molecule has 0 aliphatic carbocycles. The van der Waals surface area contributed by atoms with Gasteiger partial charge in [-0.2, -0.15) is 0 Å². The van der Waals surface area contributed by atoms with E-state index in [1.165, 1.54) is 5.69 Å². The van der Waals surface area contributed by atoms with E-state index in [1.54, 1.807) is 7.11 Å². The van der Waals surface area contributed by atoms with Crippen LogP contribution in [0, 0.1) is 5.92 Å². The standard InChI is InChI=1S/C20H26N2O3/c1-20(23)9-12-25-13-15(20)17-6-4-11-22(17)16-8-10-21-19-14(16)5-3-7-18(19)24-2/h3,5,7-8,10,15,17,23H,4,6,9,11-13H2,1-2H3. The van der Waals surface area contributed by atoms with E-state index in [0.29, 0.717) is 19.6 Å². The largest absolute Gasteiger partial charge is 0.494 e. The molecule has 4 rings (SSSR count). The number of anilines is 1. The second-order valence-corrected chi connectivity index (χ2v) is 7.38. The smallest absolute Gasteiger partial charge is 0.145 e. The lowest BCUT2D eigenvalue weighted by Gasteiger charge is -2.44. The van der Waals surface area contributed by atoms with E-state index >= 15 is 0 Å². The van der Waals surface area contributed by atoms with Gasteiger partial charge in [-0.1, -0.05) is 12.1 Å². The minimum absolute atomic E-state index is 0.123. The van der Waals surface area contributed by atoms with E-state index in [2.05, 4.69) is 22.0 Å². The number of hydrogen-bond donors (Lipinski definition) is 1. The summed E-state index contributed by atoms with van der Waals surface area (Å²) in [5.74, 6) is 0.917. The lowest BCUT2D eigenvalue weighted by Crippen LogP contribution is -2.52. The molecule has 5 nitrogen and oxygen atoms in total. The lowest BCUT2D eigenvalue weighted by molar-refractivity contribution is -0.108. The van der Waals surface area contributed by atoms with E-state index in [1.807, 2.05) is 25.3 Å². The third-order valence-electron chi connectivity index (χ3n) is 5.85. The third-order valence-corrected chi connectivity index (χ3v) is 5.85. The van der Waals surface area contributed by atoms with Crippen molar-refractivity contribution in [2.75, 3.05) is 31.8 Å². The van der Waals surface area contributed by atoms with Crippen molar-refractivity contribution in [1.82, 2.24) is 4.98 Å². The molecule has 0 saturated carbocycles. The highest BCUT2D eigenvalue weighted by molar-refractivity contribution is 5.95. The fourth-order valence-electron chi connectivity index (χ4n) is 4.44. The quantitative estimate of drug-likeness (QED) is 0.929. The van der Waals surface area contributed by atoms with Gasteiger partial charge in [-0.3, -0.25) is 4.98 Å². The van der Waals surface area contributed by atoms with Crippen molar-refractivity contribution in [1.29, 1.82) is 0 Å². The first-order valence-electron chi connectivity index (χ1n) is 9.10. The van der Waals surface area contributed by atoms with Gasteiger partial charge < -0.3 is 19.5 Å². The molecule has 3 heterocycles. The van der Waals surface area contributed by atoms with Crippen LogP contribution in [0.15, 0.2) is 30.5 Å². The Balaban J connectivity index is 1.75. The van der Waals surface area contributed by atoms with Crippen LogP contribution in [0.25, 0.3) is 10.9 Å². The summed E-state index contributed by atoms with van der Waals surface area (Å²) in [5.41, 5.74) is 1.39. The van der Waals surface area contributed by atoms with Crippen molar-refractivity contribution in [2.45, 2.75) is 37.8 Å². The molecular formula is C20H26N2O3. The lowest BCUT2D eigenvalue weighted by atomic mass is 9.79. The number of para-hydroxylation sites is 1. The van der Waals surface area contributed by atoms with Crippen LogP contribution in [0.4, 0.5) is 5.69 Å². The Labute approximate surface area is 148 Å². The zero-order chi connectivity index (χ0) is 17.4. The summed E-state index contributed by atoms with van der Waals surface area (Å²) in [5, 5.41) is 12.0. The van der Waals surface area contributed by atoms with Crippen molar-refractivity contribution in [2.24, 2.45) is 5.92 Å². The monoisotopic (exact) mass is 342 g/mol. The molecule has 0 amide bonds. The van der Waals surface area contributed by atoms with Gasteiger partial charge in [-0.15, -0.1) is 0 Å². The molecule has 2 aromatic rings. The first-order valence-corrected chi connectivity index (χ1v) is 9.10. The van der Waals surface area contributed by atoms with Gasteiger partial charge >= 0.3 is 0 Å². The summed E-state index contributed by atoms with van der Waals surface area (Å²) >= 11 is 0. The van der Waals surface area contributed by atoms with Crippen LogP contribution in [0.1, 0.15) is 26.2 Å². The Morgan fingerprint density at radius 3 is 3.04 bits per heavy atom. The molecule has 3 unspecified atom stereocenters. The molecule has 0 bridgehead atoms. The minimum Gasteiger partial charge on any atom is -0.494 e. The van der Waals surface area contributed by atoms with E-state index in [-0.39, 0.29) is 12.0 Å². The molecule has 0 spiro atoms. The molecule has 3 atom stereocenters. The third kappa shape index (κ3) is 2.85. The van der Waals surface area contributed by atoms with Crippen LogP contribution in [-0.4, -0.2) is 48.6 Å². The van der Waals surface area contributed by atoms with E-state index < -0.39 is 5.60 Å². The Bertz CT molecular complexity index is 762. The maximum atomic E-state index is 10.9. The molecular weight excluding hydrogens is 316 g/mol. The van der Waals surface area contributed by atoms with Gasteiger partial charge in [0, 0.05) is 42.4 Å². The second-order valence-electron chi connectivity index (χ2n) is 7.38. The fourth-order valence-corrected chi connectivity index (χ4v) is 4.44. The molecule has 1 aromatic heterocycles. The summed E-state index contributed by atoms with van der Waals surface area (Å²) in [6.07, 6.45) is 4.76. The maximum absolute atomic E-state index is 10.9. The van der Waals surface area contributed by atoms with E-state index in [4.69, 9.17) is 9.47 Å². The number of aromatic nitrogens is 1. The highest BCUT2D eigenvalue weighted by Gasteiger charge is 2.44. The number of pyridine rings is 1. The van der Waals surface area contributed by atoms with E-state index in [0.717, 1.165) is 36.0 Å². The molecule has 2 fully saturated rings. The molecule has 2 aliphatic heterocycles. The Morgan fingerprint density at radius 1 is 1.36 bits per heavy atom. The predicted octanol–water partition coefficient (Wildman–Crippen LogP) is 3.00. The predicted molar refractivity (Wildman–Crippen MR) is 98.2 cm³/mol. The van der Waals surface area contributed by atoms with Crippen molar-refractivity contribution in [3.63, 3.8) is 0 Å². The van der Waals surface area contributed by atoms with Crippen LogP contribution >= 0.6 is 0 Å². The summed E-state index contributed by atoms with van der Waals surface area (Å²) in [7, 11) is 1.68. The molecule has 1 N–H and O–H groups in total. The molecule has 25 heavy (non-hydrogen) atoms. The number of hydrogen-bond acceptors (Lipinski definition) is 5. The number of ether oxygens (including phenoxy) is 2. The minimum atomic E-state index is -0.675. The number of benzene rings is 1. The van der Waals surface area contributed by atoms with E-state index in [9.17, 15) is 5.11 Å². The number of rotatable bonds is 3. The number of aliphatic hydroxyl groups is 1. The maximum Gasteiger partial charge on any atom is 0.145 e. The number of methoxy groups -OCH3 is 1. The second kappa shape index (κ2) is 6.46. The molecule has 0 radical (unpaired) electrons. The van der Waals surface area contributed by atoms with Gasteiger partial charge in [-0.05, 0) is 38.3 Å². The number of fused-ring (bicyclic) bond motifs is 1. The van der Waals surface area contributed by atoms with Crippen LogP contribution in [0.2, 0.25) is 0 Å². The van der Waals surface area contributed by atoms with Crippen LogP contribution in [-0.2, 0) is 4.74 Å². The summed E-state index contributed by atoms with van der Waals surface area (Å²) in [6.45, 7) is 4.23. The van der Waals surface area contributed by atoms with Gasteiger partial charge in [0.15, 0.2) is 0 Å². The fraction of sp³-hybridized carbons (Fsp3) is 0.550. The highest BCUT2D eigenvalue weighted by atomic mass is 16.5. The topological polar surface area (TPSA) is 54.8 Å². The summed E-state index contributed by atoms with van der Waals surface area (Å²) in [6, 6.07) is 8.42. The average Bonchev–Trinajstić information content (AvgIpc) is 3.09. The van der Waals surface area contributed by atoms with Crippen molar-refractivity contribution < 1.29 is 14.6 Å². The van der Waals surface area contributed by atoms with Crippen molar-refractivity contribution >= 4 is 16.6 Å². The SMILES string of the molecule is COc1cccc2c(N3CCCC3C3COCCC3(C)O)ccnc12. The zero-order valence-corrected chi connectivity index (χ0v) is 14.9. The highest BCUT2D eigenvalue weighted by Crippen LogP contribution is 2.40. The van der Waals surface area contributed by atoms with Gasteiger partial charge in [0.05, 0.1) is 19.3 Å². The van der Waals surface area contributed by atoms with Gasteiger partial charge in [0.1, 0.15) is 11.3 Å². The first kappa shape index (κ1) is 16.6. The van der Waals surface area contributed by atoms with Crippen LogP contribution < -0.4 is 9.64 Å². The normalized spacial score (nSPS) is 30.0. The zero-order valence-electron chi connectivity index (χ0n) is 14.9. The average molecular weight is 342 g/mol.